The first-order valence-corrected chi connectivity index (χ1v) is 9.55. The van der Waals surface area contributed by atoms with Gasteiger partial charge in [-0.3, -0.25) is 0 Å². The summed E-state index contributed by atoms with van der Waals surface area (Å²) in [5.41, 5.74) is 0.108. The number of halogens is 6. The molecule has 2 aromatic rings. The molecular formula is C17H14F6Si. The third-order valence-corrected chi connectivity index (χ3v) is 7.91. The molecule has 0 aliphatic heterocycles. The Kier molecular flexibility index (Phi) is 4.67. The zero-order chi connectivity index (χ0) is 18.2. The van der Waals surface area contributed by atoms with Crippen molar-refractivity contribution in [3.63, 3.8) is 0 Å². The molecule has 0 aliphatic rings. The lowest BCUT2D eigenvalue weighted by atomic mass is 10.2. The van der Waals surface area contributed by atoms with Gasteiger partial charge in [0.15, 0.2) is 0 Å². The summed E-state index contributed by atoms with van der Waals surface area (Å²) in [6.07, 6.45) is -8.86. The van der Waals surface area contributed by atoms with E-state index in [0.717, 1.165) is 24.3 Å². The summed E-state index contributed by atoms with van der Waals surface area (Å²) in [6.45, 7) is 5.57. The van der Waals surface area contributed by atoms with Crippen LogP contribution in [0.2, 0.25) is 6.55 Å². The molecule has 2 aromatic carbocycles. The first-order valence-electron chi connectivity index (χ1n) is 6.97. The van der Waals surface area contributed by atoms with E-state index in [1.807, 2.05) is 6.55 Å². The van der Waals surface area contributed by atoms with Gasteiger partial charge in [0.05, 0.1) is 11.1 Å². The van der Waals surface area contributed by atoms with E-state index in [9.17, 15) is 26.3 Å². The first-order chi connectivity index (χ1) is 11.0. The monoisotopic (exact) mass is 360 g/mol. The third-order valence-electron chi connectivity index (χ3n) is 4.03. The Bertz CT molecular complexity index is 653. The Labute approximate surface area is 136 Å². The topological polar surface area (TPSA) is 0 Å². The molecule has 0 radical (unpaired) electrons. The van der Waals surface area contributed by atoms with Crippen LogP contribution in [0, 0.1) is 0 Å². The van der Waals surface area contributed by atoms with Crippen LogP contribution in [-0.4, -0.2) is 8.07 Å². The lowest BCUT2D eigenvalue weighted by molar-refractivity contribution is -0.138. The van der Waals surface area contributed by atoms with Gasteiger partial charge in [-0.25, -0.2) is 0 Å². The van der Waals surface area contributed by atoms with E-state index < -0.39 is 31.6 Å². The van der Waals surface area contributed by atoms with Gasteiger partial charge in [-0.15, -0.1) is 6.58 Å². The van der Waals surface area contributed by atoms with Gasteiger partial charge in [0.1, 0.15) is 8.07 Å². The molecule has 0 aromatic heterocycles. The van der Waals surface area contributed by atoms with E-state index >= 15 is 0 Å². The predicted molar refractivity (Wildman–Crippen MR) is 84.0 cm³/mol. The smallest absolute Gasteiger partial charge is 0.166 e. The van der Waals surface area contributed by atoms with E-state index in [2.05, 4.69) is 6.58 Å². The second-order valence-electron chi connectivity index (χ2n) is 5.56. The molecule has 0 amide bonds. The number of benzene rings is 2. The zero-order valence-corrected chi connectivity index (χ0v) is 13.7. The van der Waals surface area contributed by atoms with Crippen LogP contribution in [0.5, 0.6) is 0 Å². The van der Waals surface area contributed by atoms with Gasteiger partial charge >= 0.3 is 12.4 Å². The van der Waals surface area contributed by atoms with Crippen molar-refractivity contribution in [3.8, 4) is 0 Å². The standard InChI is InChI=1S/C17H14F6Si/c1-3-24(2,14-8-4-12(5-9-14)16(18,19)20)15-10-6-13(7-11-15)17(21,22)23/h3-11H,1H2,2H3. The highest BCUT2D eigenvalue weighted by molar-refractivity contribution is 7.05. The molecule has 0 saturated heterocycles. The minimum Gasteiger partial charge on any atom is -0.166 e. The summed E-state index contributed by atoms with van der Waals surface area (Å²) < 4.78 is 76.0. The number of alkyl halides is 6. The fourth-order valence-electron chi connectivity index (χ4n) is 2.41. The van der Waals surface area contributed by atoms with Crippen LogP contribution < -0.4 is 10.4 Å². The molecular weight excluding hydrogens is 346 g/mol. The van der Waals surface area contributed by atoms with Gasteiger partial charge in [0, 0.05) is 0 Å². The van der Waals surface area contributed by atoms with Crippen molar-refractivity contribution in [2.75, 3.05) is 0 Å². The van der Waals surface area contributed by atoms with Crippen LogP contribution in [0.4, 0.5) is 26.3 Å². The second kappa shape index (κ2) is 6.12. The van der Waals surface area contributed by atoms with Crippen molar-refractivity contribution in [3.05, 3.63) is 71.9 Å². The van der Waals surface area contributed by atoms with Crippen LogP contribution in [0.1, 0.15) is 11.1 Å². The zero-order valence-electron chi connectivity index (χ0n) is 12.7. The molecule has 0 heterocycles. The Morgan fingerprint density at radius 2 is 1.00 bits per heavy atom. The lowest BCUT2D eigenvalue weighted by Crippen LogP contribution is -2.54. The van der Waals surface area contributed by atoms with Crippen LogP contribution in [0.3, 0.4) is 0 Å². The molecule has 2 rings (SSSR count). The Balaban J connectivity index is 2.43. The SMILES string of the molecule is C=C[Si](C)(c1ccc(C(F)(F)F)cc1)c1ccc(C(F)(F)F)cc1. The quantitative estimate of drug-likeness (QED) is 0.552. The summed E-state index contributed by atoms with van der Waals surface area (Å²) in [4.78, 5) is 0. The van der Waals surface area contributed by atoms with Gasteiger partial charge in [-0.05, 0) is 0 Å². The number of rotatable bonds is 3. The van der Waals surface area contributed by atoms with Gasteiger partial charge in [-0.1, -0.05) is 71.2 Å². The number of hydrogen-bond acceptors (Lipinski definition) is 0. The molecule has 0 saturated carbocycles. The van der Waals surface area contributed by atoms with Crippen LogP contribution in [0.15, 0.2) is 60.8 Å². The van der Waals surface area contributed by atoms with Crippen molar-refractivity contribution in [2.24, 2.45) is 0 Å². The Morgan fingerprint density at radius 1 is 0.708 bits per heavy atom. The molecule has 7 heteroatoms. The van der Waals surface area contributed by atoms with Crippen LogP contribution >= 0.6 is 0 Å². The van der Waals surface area contributed by atoms with E-state index in [0.29, 0.717) is 10.4 Å². The molecule has 0 unspecified atom stereocenters. The molecule has 0 N–H and O–H groups in total. The largest absolute Gasteiger partial charge is 0.416 e. The minimum absolute atomic E-state index is 0.644. The molecule has 0 atom stereocenters. The second-order valence-corrected chi connectivity index (χ2v) is 9.52. The summed E-state index contributed by atoms with van der Waals surface area (Å²) in [7, 11) is -2.61. The van der Waals surface area contributed by atoms with E-state index in [1.165, 1.54) is 24.3 Å². The van der Waals surface area contributed by atoms with Crippen molar-refractivity contribution in [2.45, 2.75) is 18.9 Å². The van der Waals surface area contributed by atoms with E-state index in [1.54, 1.807) is 5.70 Å². The summed E-state index contributed by atoms with van der Waals surface area (Å²) >= 11 is 0. The molecule has 0 spiro atoms. The van der Waals surface area contributed by atoms with E-state index in [-0.39, 0.29) is 0 Å². The van der Waals surface area contributed by atoms with Gasteiger partial charge in [0.25, 0.3) is 0 Å². The van der Waals surface area contributed by atoms with Crippen molar-refractivity contribution >= 4 is 18.4 Å². The maximum Gasteiger partial charge on any atom is 0.416 e. The highest BCUT2D eigenvalue weighted by Gasteiger charge is 2.34. The first kappa shape index (κ1) is 18.3. The molecule has 0 aliphatic carbocycles. The average molecular weight is 360 g/mol. The molecule has 0 bridgehead atoms. The molecule has 0 fully saturated rings. The Hall–Kier alpha value is -2.02. The molecule has 0 nitrogen and oxygen atoms in total. The van der Waals surface area contributed by atoms with Crippen LogP contribution in [0.25, 0.3) is 0 Å². The maximum absolute atomic E-state index is 12.7. The maximum atomic E-state index is 12.7. The molecule has 24 heavy (non-hydrogen) atoms. The van der Waals surface area contributed by atoms with Crippen molar-refractivity contribution in [1.82, 2.24) is 0 Å². The summed E-state index contributed by atoms with van der Waals surface area (Å²) in [5, 5.41) is 1.29. The van der Waals surface area contributed by atoms with Gasteiger partial charge < -0.3 is 0 Å². The summed E-state index contributed by atoms with van der Waals surface area (Å²) in [6, 6.07) is 9.40. The predicted octanol–water partition coefficient (Wildman–Crippen LogP) is 4.64. The average Bonchev–Trinajstić information content (AvgIpc) is 2.53. The highest BCUT2D eigenvalue weighted by atomic mass is 28.3. The van der Waals surface area contributed by atoms with Crippen LogP contribution in [-0.2, 0) is 12.4 Å². The number of hydrogen-bond donors (Lipinski definition) is 0. The summed E-state index contributed by atoms with van der Waals surface area (Å²) in [5.74, 6) is 0. The van der Waals surface area contributed by atoms with Gasteiger partial charge in [0.2, 0.25) is 0 Å². The fraction of sp³-hybridized carbons (Fsp3) is 0.176. The minimum atomic E-state index is -4.43. The van der Waals surface area contributed by atoms with E-state index in [4.69, 9.17) is 0 Å². The van der Waals surface area contributed by atoms with Gasteiger partial charge in [-0.2, -0.15) is 26.3 Å². The Morgan fingerprint density at radius 3 is 1.21 bits per heavy atom. The van der Waals surface area contributed by atoms with Crippen molar-refractivity contribution in [1.29, 1.82) is 0 Å². The highest BCUT2D eigenvalue weighted by Crippen LogP contribution is 2.29. The lowest BCUT2D eigenvalue weighted by Gasteiger charge is -2.25. The fourth-order valence-corrected chi connectivity index (χ4v) is 4.94. The normalized spacial score (nSPS) is 13.0. The third kappa shape index (κ3) is 3.56. The van der Waals surface area contributed by atoms with Crippen molar-refractivity contribution < 1.29 is 26.3 Å². The molecule has 128 valence electrons.